The highest BCUT2D eigenvalue weighted by atomic mass is 35.5. The van der Waals surface area contributed by atoms with Crippen molar-refractivity contribution >= 4 is 29.1 Å². The third-order valence-electron chi connectivity index (χ3n) is 4.06. The second kappa shape index (κ2) is 8.06. The van der Waals surface area contributed by atoms with Gasteiger partial charge in [-0.2, -0.15) is 0 Å². The summed E-state index contributed by atoms with van der Waals surface area (Å²) in [5.41, 5.74) is -0.617. The van der Waals surface area contributed by atoms with Crippen molar-refractivity contribution in [1.82, 2.24) is 5.32 Å². The minimum atomic E-state index is -0.617. The van der Waals surface area contributed by atoms with Gasteiger partial charge in [-0.25, -0.2) is 0 Å². The molecule has 0 fully saturated rings. The smallest absolute Gasteiger partial charge is 0.226 e. The maximum absolute atomic E-state index is 12.5. The van der Waals surface area contributed by atoms with Crippen LogP contribution in [0.4, 0.5) is 0 Å². The van der Waals surface area contributed by atoms with E-state index in [0.717, 1.165) is 19.3 Å². The van der Waals surface area contributed by atoms with Crippen LogP contribution in [-0.4, -0.2) is 24.7 Å². The number of hydrogen-bond acceptors (Lipinski definition) is 2. The molecule has 0 aromatic heterocycles. The fourth-order valence-electron chi connectivity index (χ4n) is 2.86. The minimum Gasteiger partial charge on any atom is -0.396 e. The van der Waals surface area contributed by atoms with Gasteiger partial charge in [-0.15, -0.1) is 0 Å². The Morgan fingerprint density at radius 2 is 2.20 bits per heavy atom. The normalized spacial score (nSPS) is 21.8. The van der Waals surface area contributed by atoms with E-state index in [9.17, 15) is 9.90 Å². The van der Waals surface area contributed by atoms with Crippen LogP contribution in [0, 0.1) is 11.3 Å². The van der Waals surface area contributed by atoms with Crippen molar-refractivity contribution in [1.29, 1.82) is 0 Å². The molecule has 1 amide bonds. The fraction of sp³-hybridized carbons (Fsp3) is 0.667. The van der Waals surface area contributed by atoms with Gasteiger partial charge in [-0.05, 0) is 31.3 Å². The second-order valence-electron chi connectivity index (χ2n) is 5.23. The lowest BCUT2D eigenvalue weighted by molar-refractivity contribution is -0.134. The van der Waals surface area contributed by atoms with Crippen molar-refractivity contribution in [2.45, 2.75) is 39.0 Å². The van der Waals surface area contributed by atoms with Crippen LogP contribution >= 0.6 is 23.2 Å². The lowest BCUT2D eigenvalue weighted by atomic mass is 9.66. The predicted octanol–water partition coefficient (Wildman–Crippen LogP) is 3.56. The van der Waals surface area contributed by atoms with E-state index in [1.54, 1.807) is 13.1 Å². The summed E-state index contributed by atoms with van der Waals surface area (Å²) in [5.74, 6) is -0.0618. The van der Waals surface area contributed by atoms with Gasteiger partial charge >= 0.3 is 0 Å². The maximum Gasteiger partial charge on any atom is 0.226 e. The molecule has 0 aromatic rings. The first-order chi connectivity index (χ1) is 9.51. The molecule has 0 bridgehead atoms. The highest BCUT2D eigenvalue weighted by Gasteiger charge is 2.43. The summed E-state index contributed by atoms with van der Waals surface area (Å²) >= 11 is 12.1. The number of nitrogens with one attached hydrogen (secondary N) is 1. The van der Waals surface area contributed by atoms with Gasteiger partial charge in [0.2, 0.25) is 5.91 Å². The molecule has 1 aliphatic carbocycles. The summed E-state index contributed by atoms with van der Waals surface area (Å²) < 4.78 is 0. The predicted molar refractivity (Wildman–Crippen MR) is 83.7 cm³/mol. The molecule has 0 aliphatic heterocycles. The van der Waals surface area contributed by atoms with Crippen LogP contribution in [0.5, 0.6) is 0 Å². The second-order valence-corrected chi connectivity index (χ2v) is 6.10. The monoisotopic (exact) mass is 319 g/mol. The van der Waals surface area contributed by atoms with Crippen molar-refractivity contribution in [3.63, 3.8) is 0 Å². The molecule has 20 heavy (non-hydrogen) atoms. The molecule has 0 spiro atoms. The summed E-state index contributed by atoms with van der Waals surface area (Å²) in [6, 6.07) is 0. The molecule has 0 heterocycles. The van der Waals surface area contributed by atoms with Crippen LogP contribution in [-0.2, 0) is 4.79 Å². The van der Waals surface area contributed by atoms with Gasteiger partial charge in [0.15, 0.2) is 0 Å². The molecule has 1 unspecified atom stereocenters. The molecule has 0 radical (unpaired) electrons. The van der Waals surface area contributed by atoms with Crippen LogP contribution in [0.1, 0.15) is 39.0 Å². The number of rotatable bonds is 7. The average molecular weight is 320 g/mol. The van der Waals surface area contributed by atoms with E-state index in [2.05, 4.69) is 12.2 Å². The first-order valence-electron chi connectivity index (χ1n) is 7.07. The van der Waals surface area contributed by atoms with E-state index >= 15 is 0 Å². The Balaban J connectivity index is 3.08. The highest BCUT2D eigenvalue weighted by Crippen LogP contribution is 2.45. The minimum absolute atomic E-state index is 0.0173. The Morgan fingerprint density at radius 3 is 2.70 bits per heavy atom. The molecule has 0 aromatic carbocycles. The molecular formula is C15H23Cl2NO2. The number of hydrogen-bond donors (Lipinski definition) is 2. The maximum atomic E-state index is 12.5. The van der Waals surface area contributed by atoms with Crippen molar-refractivity contribution in [3.8, 4) is 0 Å². The molecule has 2 atom stereocenters. The Kier molecular flexibility index (Phi) is 7.07. The molecule has 5 heteroatoms. The van der Waals surface area contributed by atoms with Gasteiger partial charge in [-0.1, -0.05) is 49.0 Å². The molecule has 114 valence electrons. The lowest BCUT2D eigenvalue weighted by Crippen LogP contribution is -2.45. The summed E-state index contributed by atoms with van der Waals surface area (Å²) in [5, 5.41) is 13.3. The topological polar surface area (TPSA) is 49.3 Å². The summed E-state index contributed by atoms with van der Waals surface area (Å²) in [4.78, 5) is 12.5. The molecule has 1 aliphatic rings. The van der Waals surface area contributed by atoms with E-state index in [-0.39, 0.29) is 18.4 Å². The average Bonchev–Trinajstić information content (AvgIpc) is 2.45. The molecule has 3 nitrogen and oxygen atoms in total. The Hall–Kier alpha value is -0.510. The van der Waals surface area contributed by atoms with Crippen LogP contribution in [0.15, 0.2) is 22.2 Å². The highest BCUT2D eigenvalue weighted by molar-refractivity contribution is 6.40. The summed E-state index contributed by atoms with van der Waals surface area (Å²) in [6.45, 7) is 2.07. The van der Waals surface area contributed by atoms with Crippen LogP contribution in [0.2, 0.25) is 0 Å². The standard InChI is InChI=1S/C15H23Cl2NO2/c1-3-4-7-15(8-9-19,14(20)18-2)11-5-6-12(16)13(17)10-11/h5-6,11,19H,3-4,7-10H2,1-2H3,(H,18,20)/t11?,15-/m0/s1. The zero-order chi connectivity index (χ0) is 15.2. The number of allylic oxidation sites excluding steroid dienone is 4. The molecule has 0 saturated carbocycles. The van der Waals surface area contributed by atoms with Crippen molar-refractivity contribution < 1.29 is 9.90 Å². The number of unbranched alkanes of at least 4 members (excludes halogenated alkanes) is 1. The number of carbonyl (C=O) groups is 1. The summed E-state index contributed by atoms with van der Waals surface area (Å²) in [7, 11) is 1.64. The quantitative estimate of drug-likeness (QED) is 0.753. The van der Waals surface area contributed by atoms with Crippen LogP contribution < -0.4 is 5.32 Å². The summed E-state index contributed by atoms with van der Waals surface area (Å²) in [6.07, 6.45) is 7.38. The van der Waals surface area contributed by atoms with E-state index in [1.165, 1.54) is 0 Å². The SMILES string of the molecule is CCCC[C@@](CCO)(C(=O)NC)C1C=CC(Cl)=C(Cl)C1. The number of halogens is 2. The van der Waals surface area contributed by atoms with Gasteiger partial charge in [0.1, 0.15) is 0 Å². The van der Waals surface area contributed by atoms with E-state index in [0.29, 0.717) is 22.9 Å². The first kappa shape index (κ1) is 17.5. The fourth-order valence-corrected chi connectivity index (χ4v) is 3.24. The largest absolute Gasteiger partial charge is 0.396 e. The number of aliphatic hydroxyl groups excluding tert-OH is 1. The van der Waals surface area contributed by atoms with Crippen molar-refractivity contribution in [2.24, 2.45) is 11.3 Å². The third kappa shape index (κ3) is 3.78. The molecule has 2 N–H and O–H groups in total. The van der Waals surface area contributed by atoms with E-state index in [4.69, 9.17) is 23.2 Å². The van der Waals surface area contributed by atoms with E-state index < -0.39 is 5.41 Å². The number of carbonyl (C=O) groups excluding carboxylic acids is 1. The molecule has 1 rings (SSSR count). The Labute approximate surface area is 131 Å². The third-order valence-corrected chi connectivity index (χ3v) is 4.87. The van der Waals surface area contributed by atoms with Crippen LogP contribution in [0.3, 0.4) is 0 Å². The van der Waals surface area contributed by atoms with Gasteiger partial charge < -0.3 is 10.4 Å². The zero-order valence-corrected chi connectivity index (χ0v) is 13.6. The van der Waals surface area contributed by atoms with Gasteiger partial charge in [0, 0.05) is 18.7 Å². The van der Waals surface area contributed by atoms with Gasteiger partial charge in [0.05, 0.1) is 10.4 Å². The molecular weight excluding hydrogens is 297 g/mol. The lowest BCUT2D eigenvalue weighted by Gasteiger charge is -2.39. The Morgan fingerprint density at radius 1 is 1.50 bits per heavy atom. The van der Waals surface area contributed by atoms with Crippen LogP contribution in [0.25, 0.3) is 0 Å². The van der Waals surface area contributed by atoms with Gasteiger partial charge in [0.25, 0.3) is 0 Å². The molecule has 0 saturated heterocycles. The van der Waals surface area contributed by atoms with Crippen molar-refractivity contribution in [3.05, 3.63) is 22.2 Å². The number of aliphatic hydroxyl groups is 1. The Bertz CT molecular complexity index is 407. The van der Waals surface area contributed by atoms with Crippen molar-refractivity contribution in [2.75, 3.05) is 13.7 Å². The zero-order valence-electron chi connectivity index (χ0n) is 12.1. The number of amides is 1. The van der Waals surface area contributed by atoms with E-state index in [1.807, 2.05) is 6.08 Å². The van der Waals surface area contributed by atoms with Gasteiger partial charge in [-0.3, -0.25) is 4.79 Å². The first-order valence-corrected chi connectivity index (χ1v) is 7.82.